The van der Waals surface area contributed by atoms with Crippen molar-refractivity contribution >= 4 is 23.0 Å². The number of nitrogens with one attached hydrogen (secondary N) is 1. The summed E-state index contributed by atoms with van der Waals surface area (Å²) in [6.45, 7) is 3.87. The molecule has 0 aliphatic heterocycles. The van der Waals surface area contributed by atoms with Crippen molar-refractivity contribution in [3.63, 3.8) is 0 Å². The summed E-state index contributed by atoms with van der Waals surface area (Å²) in [4.78, 5) is 12.0. The van der Waals surface area contributed by atoms with Crippen LogP contribution in [0.4, 0.5) is 10.1 Å². The first-order valence-corrected chi connectivity index (χ1v) is 7.27. The first kappa shape index (κ1) is 14.5. The molecule has 0 saturated carbocycles. The van der Waals surface area contributed by atoms with Crippen LogP contribution in [0.1, 0.15) is 24.1 Å². The number of anilines is 1. The Bertz CT molecular complexity index is 563. The summed E-state index contributed by atoms with van der Waals surface area (Å²) in [6.07, 6.45) is 0. The van der Waals surface area contributed by atoms with E-state index in [-0.39, 0.29) is 11.8 Å². The van der Waals surface area contributed by atoms with Gasteiger partial charge in [-0.3, -0.25) is 0 Å². The van der Waals surface area contributed by atoms with Gasteiger partial charge in [0, 0.05) is 5.69 Å². The Hall–Kier alpha value is -1.88. The summed E-state index contributed by atoms with van der Waals surface area (Å²) >= 11 is 1.50. The topological polar surface area (TPSA) is 38.3 Å². The van der Waals surface area contributed by atoms with Gasteiger partial charge in [-0.15, -0.1) is 0 Å². The van der Waals surface area contributed by atoms with E-state index in [0.29, 0.717) is 12.3 Å². The Kier molecular flexibility index (Phi) is 4.74. The molecule has 0 aliphatic carbocycles. The SMILES string of the molecule is CCOC(=O)C(Nc1cc(C)cc(F)c1)c1ccsc1. The molecule has 0 aliphatic rings. The summed E-state index contributed by atoms with van der Waals surface area (Å²) in [5, 5.41) is 6.80. The molecule has 0 spiro atoms. The van der Waals surface area contributed by atoms with Crippen molar-refractivity contribution in [2.45, 2.75) is 19.9 Å². The molecule has 3 nitrogen and oxygen atoms in total. The second kappa shape index (κ2) is 6.52. The van der Waals surface area contributed by atoms with Gasteiger partial charge in [-0.25, -0.2) is 9.18 Å². The predicted molar refractivity (Wildman–Crippen MR) is 78.5 cm³/mol. The van der Waals surface area contributed by atoms with Gasteiger partial charge in [0.2, 0.25) is 0 Å². The molecule has 0 fully saturated rings. The molecule has 2 aromatic rings. The molecule has 1 aromatic carbocycles. The van der Waals surface area contributed by atoms with Crippen LogP contribution in [0.3, 0.4) is 0 Å². The van der Waals surface area contributed by atoms with Gasteiger partial charge >= 0.3 is 5.97 Å². The first-order valence-electron chi connectivity index (χ1n) is 6.32. The van der Waals surface area contributed by atoms with E-state index >= 15 is 0 Å². The van der Waals surface area contributed by atoms with Crippen molar-refractivity contribution in [3.8, 4) is 0 Å². The number of benzene rings is 1. The van der Waals surface area contributed by atoms with Crippen LogP contribution in [0, 0.1) is 12.7 Å². The fraction of sp³-hybridized carbons (Fsp3) is 0.267. The normalized spacial score (nSPS) is 11.9. The van der Waals surface area contributed by atoms with Gasteiger partial charge in [0.1, 0.15) is 5.82 Å². The number of rotatable bonds is 5. The summed E-state index contributed by atoms with van der Waals surface area (Å²) in [5.74, 6) is -0.701. The number of thiophene rings is 1. The van der Waals surface area contributed by atoms with E-state index in [1.807, 2.05) is 16.8 Å². The number of ether oxygens (including phenoxy) is 1. The van der Waals surface area contributed by atoms with Crippen molar-refractivity contribution in [3.05, 3.63) is 52.0 Å². The predicted octanol–water partition coefficient (Wildman–Crippen LogP) is 3.91. The summed E-state index contributed by atoms with van der Waals surface area (Å²) in [6, 6.07) is 5.83. The van der Waals surface area contributed by atoms with Crippen molar-refractivity contribution < 1.29 is 13.9 Å². The largest absolute Gasteiger partial charge is 0.464 e. The molecule has 5 heteroatoms. The molecule has 1 heterocycles. The number of aryl methyl sites for hydroxylation is 1. The quantitative estimate of drug-likeness (QED) is 0.849. The maximum absolute atomic E-state index is 13.4. The number of hydrogen-bond donors (Lipinski definition) is 1. The Morgan fingerprint density at radius 1 is 1.45 bits per heavy atom. The highest BCUT2D eigenvalue weighted by atomic mass is 32.1. The third kappa shape index (κ3) is 3.57. The monoisotopic (exact) mass is 293 g/mol. The van der Waals surface area contributed by atoms with Crippen LogP contribution in [-0.2, 0) is 9.53 Å². The number of halogens is 1. The molecule has 1 unspecified atom stereocenters. The van der Waals surface area contributed by atoms with Gasteiger partial charge in [-0.05, 0) is 60.0 Å². The molecular weight excluding hydrogens is 277 g/mol. The zero-order valence-corrected chi connectivity index (χ0v) is 12.2. The van der Waals surface area contributed by atoms with E-state index in [4.69, 9.17) is 4.74 Å². The molecular formula is C15H16FNO2S. The van der Waals surface area contributed by atoms with E-state index in [1.54, 1.807) is 19.9 Å². The third-order valence-electron chi connectivity index (χ3n) is 2.75. The highest BCUT2D eigenvalue weighted by Gasteiger charge is 2.22. The van der Waals surface area contributed by atoms with Crippen molar-refractivity contribution in [2.75, 3.05) is 11.9 Å². The average molecular weight is 293 g/mol. The Labute approximate surface area is 121 Å². The molecule has 0 saturated heterocycles. The number of hydrogen-bond acceptors (Lipinski definition) is 4. The van der Waals surface area contributed by atoms with Crippen LogP contribution in [0.5, 0.6) is 0 Å². The van der Waals surface area contributed by atoms with E-state index in [2.05, 4.69) is 5.32 Å². The minimum atomic E-state index is -0.623. The molecule has 20 heavy (non-hydrogen) atoms. The first-order chi connectivity index (χ1) is 9.60. The summed E-state index contributed by atoms with van der Waals surface area (Å²) in [5.41, 5.74) is 2.17. The van der Waals surface area contributed by atoms with Gasteiger partial charge in [-0.2, -0.15) is 11.3 Å². The fourth-order valence-electron chi connectivity index (χ4n) is 1.93. The van der Waals surface area contributed by atoms with Crippen molar-refractivity contribution in [2.24, 2.45) is 0 Å². The number of carbonyl (C=O) groups excluding carboxylic acids is 1. The van der Waals surface area contributed by atoms with Crippen LogP contribution in [0.25, 0.3) is 0 Å². The summed E-state index contributed by atoms with van der Waals surface area (Å²) in [7, 11) is 0. The van der Waals surface area contributed by atoms with Gasteiger partial charge in [-0.1, -0.05) is 0 Å². The van der Waals surface area contributed by atoms with Crippen LogP contribution < -0.4 is 5.32 Å². The highest BCUT2D eigenvalue weighted by molar-refractivity contribution is 7.08. The second-order valence-electron chi connectivity index (χ2n) is 4.40. The Morgan fingerprint density at radius 3 is 2.85 bits per heavy atom. The van der Waals surface area contributed by atoms with E-state index in [9.17, 15) is 9.18 Å². The second-order valence-corrected chi connectivity index (χ2v) is 5.18. The molecule has 0 amide bonds. The van der Waals surface area contributed by atoms with Gasteiger partial charge in [0.15, 0.2) is 6.04 Å². The number of carbonyl (C=O) groups is 1. The lowest BCUT2D eigenvalue weighted by atomic mass is 10.1. The standard InChI is InChI=1S/C15H16FNO2S/c1-3-19-15(18)14(11-4-5-20-9-11)17-13-7-10(2)6-12(16)8-13/h4-9,14,17H,3H2,1-2H3. The lowest BCUT2D eigenvalue weighted by Gasteiger charge is -2.18. The van der Waals surface area contributed by atoms with Crippen LogP contribution in [0.2, 0.25) is 0 Å². The molecule has 2 rings (SSSR count). The van der Waals surface area contributed by atoms with Gasteiger partial charge < -0.3 is 10.1 Å². The van der Waals surface area contributed by atoms with E-state index in [0.717, 1.165) is 11.1 Å². The molecule has 0 bridgehead atoms. The molecule has 1 atom stereocenters. The Morgan fingerprint density at radius 2 is 2.25 bits per heavy atom. The van der Waals surface area contributed by atoms with Crippen LogP contribution in [-0.4, -0.2) is 12.6 Å². The third-order valence-corrected chi connectivity index (χ3v) is 3.45. The lowest BCUT2D eigenvalue weighted by Crippen LogP contribution is -2.23. The average Bonchev–Trinajstić information content (AvgIpc) is 2.88. The number of esters is 1. The molecule has 1 N–H and O–H groups in total. The van der Waals surface area contributed by atoms with E-state index < -0.39 is 6.04 Å². The maximum atomic E-state index is 13.4. The summed E-state index contributed by atoms with van der Waals surface area (Å²) < 4.78 is 18.5. The highest BCUT2D eigenvalue weighted by Crippen LogP contribution is 2.24. The molecule has 0 radical (unpaired) electrons. The molecule has 1 aromatic heterocycles. The minimum absolute atomic E-state index is 0.309. The smallest absolute Gasteiger partial charge is 0.333 e. The minimum Gasteiger partial charge on any atom is -0.464 e. The lowest BCUT2D eigenvalue weighted by molar-refractivity contribution is -0.144. The van der Waals surface area contributed by atoms with Crippen molar-refractivity contribution in [1.82, 2.24) is 0 Å². The van der Waals surface area contributed by atoms with Crippen molar-refractivity contribution in [1.29, 1.82) is 0 Å². The van der Waals surface area contributed by atoms with Crippen LogP contribution in [0.15, 0.2) is 35.0 Å². The van der Waals surface area contributed by atoms with Gasteiger partial charge in [0.05, 0.1) is 6.61 Å². The molecule has 106 valence electrons. The maximum Gasteiger partial charge on any atom is 0.333 e. The fourth-order valence-corrected chi connectivity index (χ4v) is 2.62. The zero-order chi connectivity index (χ0) is 14.5. The van der Waals surface area contributed by atoms with Gasteiger partial charge in [0.25, 0.3) is 0 Å². The van der Waals surface area contributed by atoms with Crippen LogP contribution >= 0.6 is 11.3 Å². The zero-order valence-electron chi connectivity index (χ0n) is 11.4. The Balaban J connectivity index is 2.25. The van der Waals surface area contributed by atoms with E-state index in [1.165, 1.54) is 23.5 Å².